The van der Waals surface area contributed by atoms with Crippen LogP contribution in [0.4, 0.5) is 0 Å². The van der Waals surface area contributed by atoms with Crippen LogP contribution in [0.2, 0.25) is 0 Å². The summed E-state index contributed by atoms with van der Waals surface area (Å²) in [6.45, 7) is 6.84. The van der Waals surface area contributed by atoms with Gasteiger partial charge < -0.3 is 0 Å². The summed E-state index contributed by atoms with van der Waals surface area (Å²) in [5.74, 6) is 0.401. The first-order chi connectivity index (χ1) is 12.2. The number of Topliss-reactive ketones (excluding diaryl/α,β-unsaturated/α-hetero) is 1. The van der Waals surface area contributed by atoms with Crippen molar-refractivity contribution >= 4 is 13.0 Å². The minimum Gasteiger partial charge on any atom is -0.290 e. The van der Waals surface area contributed by atoms with E-state index < -0.39 is 7.26 Å². The fourth-order valence-corrected chi connectivity index (χ4v) is 8.30. The predicted molar refractivity (Wildman–Crippen MR) is 116 cm³/mol. The van der Waals surface area contributed by atoms with Gasteiger partial charge in [-0.25, -0.2) is 0 Å². The van der Waals surface area contributed by atoms with E-state index in [2.05, 4.69) is 20.8 Å². The molecule has 0 N–H and O–H groups in total. The molecular weight excluding hydrogens is 323 g/mol. The molecule has 0 heterocycles. The average molecular weight is 364 g/mol. The Bertz CT molecular complexity index is 428. The Balaban J connectivity index is 2.86. The predicted octanol–water partition coefficient (Wildman–Crippen LogP) is 7.46. The molecule has 1 aromatic rings. The van der Waals surface area contributed by atoms with Gasteiger partial charge in [0.1, 0.15) is 6.16 Å². The zero-order chi connectivity index (χ0) is 18.4. The van der Waals surface area contributed by atoms with Gasteiger partial charge in [0.15, 0.2) is 5.78 Å². The van der Waals surface area contributed by atoms with E-state index in [1.807, 2.05) is 30.3 Å². The summed E-state index contributed by atoms with van der Waals surface area (Å²) in [4.78, 5) is 13.0. The van der Waals surface area contributed by atoms with E-state index in [1.165, 1.54) is 76.3 Å². The number of hydrogen-bond acceptors (Lipinski definition) is 1. The van der Waals surface area contributed by atoms with Crippen LogP contribution < -0.4 is 0 Å². The highest BCUT2D eigenvalue weighted by atomic mass is 31.2. The summed E-state index contributed by atoms with van der Waals surface area (Å²) in [7, 11) is -1.16. The molecule has 0 spiro atoms. The van der Waals surface area contributed by atoms with Gasteiger partial charge in [-0.05, 0) is 19.3 Å². The van der Waals surface area contributed by atoms with Crippen molar-refractivity contribution in [2.24, 2.45) is 0 Å². The molecule has 0 saturated heterocycles. The van der Waals surface area contributed by atoms with Crippen LogP contribution in [0.5, 0.6) is 0 Å². The first kappa shape index (κ1) is 22.4. The lowest BCUT2D eigenvalue weighted by atomic mass is 10.2. The topological polar surface area (TPSA) is 17.1 Å². The molecule has 0 atom stereocenters. The van der Waals surface area contributed by atoms with Crippen LogP contribution in [-0.2, 0) is 0 Å². The molecule has 0 aromatic heterocycles. The van der Waals surface area contributed by atoms with Crippen molar-refractivity contribution in [3.05, 3.63) is 35.9 Å². The summed E-state index contributed by atoms with van der Waals surface area (Å²) in [5, 5.41) is 0. The van der Waals surface area contributed by atoms with Gasteiger partial charge in [0, 0.05) is 12.8 Å². The lowest BCUT2D eigenvalue weighted by Gasteiger charge is -2.27. The maximum absolute atomic E-state index is 13.0. The third kappa shape index (κ3) is 9.00. The van der Waals surface area contributed by atoms with Gasteiger partial charge in [0.25, 0.3) is 0 Å². The number of hydrogen-bond donors (Lipinski definition) is 0. The number of unbranched alkanes of at least 4 members (excludes halogenated alkanes) is 6. The third-order valence-corrected chi connectivity index (χ3v) is 10.0. The third-order valence-electron chi connectivity index (χ3n) is 5.28. The maximum Gasteiger partial charge on any atom is 0.199 e. The second kappa shape index (κ2) is 13.5. The molecular formula is C23H40OP+. The van der Waals surface area contributed by atoms with Gasteiger partial charge >= 0.3 is 0 Å². The number of benzene rings is 1. The molecule has 0 fully saturated rings. The highest BCUT2D eigenvalue weighted by Gasteiger charge is 2.38. The molecule has 0 radical (unpaired) electrons. The van der Waals surface area contributed by atoms with Crippen molar-refractivity contribution in [1.29, 1.82) is 0 Å². The molecule has 0 unspecified atom stereocenters. The quantitative estimate of drug-likeness (QED) is 0.179. The van der Waals surface area contributed by atoms with Gasteiger partial charge in [-0.15, -0.1) is 0 Å². The minimum atomic E-state index is -1.16. The maximum atomic E-state index is 13.0. The second-order valence-electron chi connectivity index (χ2n) is 7.58. The Morgan fingerprint density at radius 2 is 1.16 bits per heavy atom. The highest BCUT2D eigenvalue weighted by Crippen LogP contribution is 2.61. The average Bonchev–Trinajstić information content (AvgIpc) is 2.63. The van der Waals surface area contributed by atoms with Crippen molar-refractivity contribution in [2.45, 2.75) is 78.6 Å². The molecule has 25 heavy (non-hydrogen) atoms. The van der Waals surface area contributed by atoms with Crippen LogP contribution >= 0.6 is 7.26 Å². The van der Waals surface area contributed by atoms with E-state index in [-0.39, 0.29) is 0 Å². The normalized spacial score (nSPS) is 11.6. The summed E-state index contributed by atoms with van der Waals surface area (Å²) >= 11 is 0. The molecule has 0 aliphatic rings. The molecule has 0 bridgehead atoms. The molecule has 0 aliphatic carbocycles. The van der Waals surface area contributed by atoms with Crippen molar-refractivity contribution in [2.75, 3.05) is 24.6 Å². The van der Waals surface area contributed by atoms with E-state index >= 15 is 0 Å². The van der Waals surface area contributed by atoms with Crippen LogP contribution in [0.15, 0.2) is 30.3 Å². The minimum absolute atomic E-state index is 0.401. The largest absolute Gasteiger partial charge is 0.290 e. The fourth-order valence-electron chi connectivity index (χ4n) is 3.68. The zero-order valence-electron chi connectivity index (χ0n) is 16.9. The van der Waals surface area contributed by atoms with Gasteiger partial charge in [-0.3, -0.25) is 4.79 Å². The van der Waals surface area contributed by atoms with E-state index in [9.17, 15) is 4.79 Å². The van der Waals surface area contributed by atoms with Crippen LogP contribution in [0, 0.1) is 0 Å². The lowest BCUT2D eigenvalue weighted by molar-refractivity contribution is 0.102. The van der Waals surface area contributed by atoms with E-state index in [4.69, 9.17) is 0 Å². The summed E-state index contributed by atoms with van der Waals surface area (Å²) in [6.07, 6.45) is 16.6. The molecule has 1 rings (SSSR count). The molecule has 1 nitrogen and oxygen atoms in total. The van der Waals surface area contributed by atoms with Crippen LogP contribution in [0.25, 0.3) is 0 Å². The smallest absolute Gasteiger partial charge is 0.199 e. The first-order valence-corrected chi connectivity index (χ1v) is 13.1. The van der Waals surface area contributed by atoms with E-state index in [1.54, 1.807) is 0 Å². The Labute approximate surface area is 157 Å². The Morgan fingerprint density at radius 3 is 1.56 bits per heavy atom. The summed E-state index contributed by atoms with van der Waals surface area (Å²) < 4.78 is 0. The number of carbonyl (C=O) groups excluding carboxylic acids is 1. The van der Waals surface area contributed by atoms with Crippen molar-refractivity contribution in [3.8, 4) is 0 Å². The SMILES string of the molecule is CCCCC[P+](CCCCC)(CCCCC)CC(=O)c1ccccc1. The van der Waals surface area contributed by atoms with Gasteiger partial charge in [0.05, 0.1) is 18.5 Å². The van der Waals surface area contributed by atoms with Crippen molar-refractivity contribution in [3.63, 3.8) is 0 Å². The summed E-state index contributed by atoms with van der Waals surface area (Å²) in [5.41, 5.74) is 0.924. The van der Waals surface area contributed by atoms with Gasteiger partial charge in [-0.2, -0.15) is 0 Å². The van der Waals surface area contributed by atoms with Crippen molar-refractivity contribution < 1.29 is 4.79 Å². The van der Waals surface area contributed by atoms with Gasteiger partial charge in [0.2, 0.25) is 0 Å². The van der Waals surface area contributed by atoms with Crippen molar-refractivity contribution in [1.82, 2.24) is 0 Å². The summed E-state index contributed by atoms with van der Waals surface area (Å²) in [6, 6.07) is 10.0. The number of carbonyl (C=O) groups is 1. The molecule has 0 amide bonds. The zero-order valence-corrected chi connectivity index (χ0v) is 17.8. The first-order valence-electron chi connectivity index (χ1n) is 10.6. The van der Waals surface area contributed by atoms with E-state index in [0.29, 0.717) is 5.78 Å². The number of rotatable bonds is 15. The number of ketones is 1. The molecule has 142 valence electrons. The molecule has 1 aromatic carbocycles. The molecule has 0 saturated carbocycles. The van der Waals surface area contributed by atoms with Crippen LogP contribution in [0.3, 0.4) is 0 Å². The monoisotopic (exact) mass is 363 g/mol. The lowest BCUT2D eigenvalue weighted by Crippen LogP contribution is -2.19. The van der Waals surface area contributed by atoms with Crippen LogP contribution in [0.1, 0.15) is 88.9 Å². The Morgan fingerprint density at radius 1 is 0.720 bits per heavy atom. The van der Waals surface area contributed by atoms with E-state index in [0.717, 1.165) is 11.7 Å². The standard InChI is InChI=1S/C23H40OP/c1-4-7-13-18-25(19-14-8-5-2,20-15-9-6-3)21-23(24)22-16-11-10-12-17-22/h10-12,16-17H,4-9,13-15,18-21H2,1-3H3/q+1. The Kier molecular flexibility index (Phi) is 12.1. The highest BCUT2D eigenvalue weighted by molar-refractivity contribution is 7.76. The van der Waals surface area contributed by atoms with Crippen LogP contribution in [-0.4, -0.2) is 30.4 Å². The Hall–Kier alpha value is -0.680. The molecule has 2 heteroatoms. The van der Waals surface area contributed by atoms with Gasteiger partial charge in [-0.1, -0.05) is 89.6 Å². The molecule has 0 aliphatic heterocycles. The second-order valence-corrected chi connectivity index (χ2v) is 11.9. The fraction of sp³-hybridized carbons (Fsp3) is 0.696.